The van der Waals surface area contributed by atoms with Crippen molar-refractivity contribution in [2.75, 3.05) is 26.6 Å². The fourth-order valence-electron chi connectivity index (χ4n) is 2.49. The van der Waals surface area contributed by atoms with Gasteiger partial charge in [-0.05, 0) is 31.0 Å². The molecular weight excluding hydrogens is 358 g/mol. The number of hydrogen-bond acceptors (Lipinski definition) is 6. The molecule has 0 aliphatic carbocycles. The summed E-state index contributed by atoms with van der Waals surface area (Å²) in [4.78, 5) is 19.7. The molecule has 1 N–H and O–H groups in total. The zero-order valence-electron chi connectivity index (χ0n) is 16.4. The number of para-hydroxylation sites is 1. The molecule has 0 bridgehead atoms. The van der Waals surface area contributed by atoms with E-state index < -0.39 is 5.97 Å². The number of aliphatic imine (C=N–C) groups is 2. The van der Waals surface area contributed by atoms with Crippen molar-refractivity contribution in [1.29, 1.82) is 0 Å². The van der Waals surface area contributed by atoms with Gasteiger partial charge in [-0.2, -0.15) is 0 Å². The molecule has 2 aromatic rings. The van der Waals surface area contributed by atoms with Crippen LogP contribution < -0.4 is 19.5 Å². The third-order valence-corrected chi connectivity index (χ3v) is 3.76. The standard InChI is InChI=1S/C21H23N3O4/c1-14(25)28-20-12-15(10-11-19(20)27-5)24-21(23-3)13-17(22-2)16-8-6-7-9-18(16)26-4/h6-13H,2H2,1,3-5H3,(H,23,24)/b17-13-. The summed E-state index contributed by atoms with van der Waals surface area (Å²) in [7, 11) is 4.76. The van der Waals surface area contributed by atoms with Crippen LogP contribution in [0.15, 0.2) is 58.5 Å². The number of anilines is 1. The SMILES string of the molecule is C=N/C(=C\C(=NC)Nc1ccc(OC)c(OC(C)=O)c1)c1ccccc1OC. The van der Waals surface area contributed by atoms with Crippen molar-refractivity contribution in [3.05, 3.63) is 54.1 Å². The van der Waals surface area contributed by atoms with Crippen LogP contribution in [-0.4, -0.2) is 39.8 Å². The summed E-state index contributed by atoms with van der Waals surface area (Å²) in [5.41, 5.74) is 2.05. The maximum absolute atomic E-state index is 11.3. The first-order valence-electron chi connectivity index (χ1n) is 8.44. The largest absolute Gasteiger partial charge is 0.496 e. The molecule has 7 heteroatoms. The fraction of sp³-hybridized carbons (Fsp3) is 0.190. The predicted molar refractivity (Wildman–Crippen MR) is 112 cm³/mol. The first kappa shape index (κ1) is 20.7. The molecule has 0 heterocycles. The minimum atomic E-state index is -0.436. The second-order valence-electron chi connectivity index (χ2n) is 5.58. The van der Waals surface area contributed by atoms with Gasteiger partial charge in [-0.15, -0.1) is 0 Å². The van der Waals surface area contributed by atoms with Gasteiger partial charge in [-0.1, -0.05) is 12.1 Å². The molecule has 146 valence electrons. The van der Waals surface area contributed by atoms with E-state index in [-0.39, 0.29) is 0 Å². The molecule has 2 aromatic carbocycles. The van der Waals surface area contributed by atoms with Crippen LogP contribution in [0.2, 0.25) is 0 Å². The number of amidine groups is 1. The van der Waals surface area contributed by atoms with Crippen LogP contribution in [-0.2, 0) is 4.79 Å². The van der Waals surface area contributed by atoms with Crippen molar-refractivity contribution in [3.63, 3.8) is 0 Å². The minimum absolute atomic E-state index is 0.311. The van der Waals surface area contributed by atoms with Gasteiger partial charge in [-0.3, -0.25) is 14.8 Å². The lowest BCUT2D eigenvalue weighted by Crippen LogP contribution is -2.10. The molecule has 28 heavy (non-hydrogen) atoms. The number of methoxy groups -OCH3 is 2. The Morgan fingerprint density at radius 3 is 2.39 bits per heavy atom. The number of nitrogens with zero attached hydrogens (tertiary/aromatic N) is 2. The summed E-state index contributed by atoms with van der Waals surface area (Å²) in [6.45, 7) is 4.98. The lowest BCUT2D eigenvalue weighted by molar-refractivity contribution is -0.132. The number of carbonyl (C=O) groups is 1. The van der Waals surface area contributed by atoms with Crippen LogP contribution in [0, 0.1) is 0 Å². The normalized spacial score (nSPS) is 11.6. The number of rotatable bonds is 7. The smallest absolute Gasteiger partial charge is 0.308 e. The highest BCUT2D eigenvalue weighted by molar-refractivity contribution is 6.08. The third-order valence-electron chi connectivity index (χ3n) is 3.76. The Morgan fingerprint density at radius 1 is 1.07 bits per heavy atom. The fourth-order valence-corrected chi connectivity index (χ4v) is 2.49. The van der Waals surface area contributed by atoms with Gasteiger partial charge < -0.3 is 19.5 Å². The van der Waals surface area contributed by atoms with E-state index in [2.05, 4.69) is 22.0 Å². The van der Waals surface area contributed by atoms with Gasteiger partial charge in [0, 0.05) is 37.4 Å². The Kier molecular flexibility index (Phi) is 7.33. The minimum Gasteiger partial charge on any atom is -0.496 e. The lowest BCUT2D eigenvalue weighted by Gasteiger charge is -2.13. The molecule has 0 spiro atoms. The average Bonchev–Trinajstić information content (AvgIpc) is 2.70. The molecule has 0 aliphatic rings. The molecule has 0 saturated heterocycles. The number of benzene rings is 2. The van der Waals surface area contributed by atoms with Crippen LogP contribution in [0.4, 0.5) is 5.69 Å². The summed E-state index contributed by atoms with van der Waals surface area (Å²) in [6, 6.07) is 12.6. The third kappa shape index (κ3) is 5.20. The zero-order chi connectivity index (χ0) is 20.5. The van der Waals surface area contributed by atoms with E-state index in [4.69, 9.17) is 14.2 Å². The monoisotopic (exact) mass is 381 g/mol. The maximum Gasteiger partial charge on any atom is 0.308 e. The van der Waals surface area contributed by atoms with Gasteiger partial charge in [-0.25, -0.2) is 0 Å². The summed E-state index contributed by atoms with van der Waals surface area (Å²) in [5, 5.41) is 3.16. The van der Waals surface area contributed by atoms with Crippen molar-refractivity contribution < 1.29 is 19.0 Å². The van der Waals surface area contributed by atoms with E-state index in [1.54, 1.807) is 38.4 Å². The predicted octanol–water partition coefficient (Wildman–Crippen LogP) is 3.81. The van der Waals surface area contributed by atoms with Crippen molar-refractivity contribution in [1.82, 2.24) is 0 Å². The van der Waals surface area contributed by atoms with E-state index in [1.165, 1.54) is 14.0 Å². The molecule has 0 fully saturated rings. The van der Waals surface area contributed by atoms with E-state index in [0.717, 1.165) is 5.56 Å². The molecular formula is C21H23N3O4. The van der Waals surface area contributed by atoms with Crippen molar-refractivity contribution in [3.8, 4) is 17.2 Å². The first-order chi connectivity index (χ1) is 13.5. The van der Waals surface area contributed by atoms with Gasteiger partial charge >= 0.3 is 5.97 Å². The highest BCUT2D eigenvalue weighted by atomic mass is 16.6. The Morgan fingerprint density at radius 2 is 1.79 bits per heavy atom. The second-order valence-corrected chi connectivity index (χ2v) is 5.58. The Bertz CT molecular complexity index is 920. The number of ether oxygens (including phenoxy) is 3. The Hall–Kier alpha value is -3.61. The highest BCUT2D eigenvalue weighted by Gasteiger charge is 2.11. The summed E-state index contributed by atoms with van der Waals surface area (Å²) in [6.07, 6.45) is 1.75. The number of carbonyl (C=O) groups excluding carboxylic acids is 1. The van der Waals surface area contributed by atoms with Crippen molar-refractivity contribution >= 4 is 29.9 Å². The summed E-state index contributed by atoms with van der Waals surface area (Å²) in [5.74, 6) is 1.54. The van der Waals surface area contributed by atoms with Crippen molar-refractivity contribution in [2.45, 2.75) is 6.92 Å². The summed E-state index contributed by atoms with van der Waals surface area (Å²) >= 11 is 0. The quantitative estimate of drug-likeness (QED) is 0.341. The van der Waals surface area contributed by atoms with Crippen LogP contribution in [0.3, 0.4) is 0 Å². The van der Waals surface area contributed by atoms with E-state index >= 15 is 0 Å². The highest BCUT2D eigenvalue weighted by Crippen LogP contribution is 2.31. The maximum atomic E-state index is 11.3. The van der Waals surface area contributed by atoms with Gasteiger partial charge in [0.25, 0.3) is 0 Å². The Balaban J connectivity index is 2.34. The average molecular weight is 381 g/mol. The molecule has 0 amide bonds. The van der Waals surface area contributed by atoms with Crippen LogP contribution in [0.25, 0.3) is 5.70 Å². The first-order valence-corrected chi connectivity index (χ1v) is 8.44. The molecule has 0 aliphatic heterocycles. The molecule has 7 nitrogen and oxygen atoms in total. The molecule has 0 atom stereocenters. The summed E-state index contributed by atoms with van der Waals surface area (Å²) < 4.78 is 15.8. The number of hydrogen-bond donors (Lipinski definition) is 1. The van der Waals surface area contributed by atoms with Gasteiger partial charge in [0.15, 0.2) is 11.5 Å². The number of nitrogens with one attached hydrogen (secondary N) is 1. The van der Waals surface area contributed by atoms with E-state index in [9.17, 15) is 4.79 Å². The van der Waals surface area contributed by atoms with Gasteiger partial charge in [0.1, 0.15) is 11.6 Å². The molecule has 0 unspecified atom stereocenters. The Labute approximate surface area is 164 Å². The van der Waals surface area contributed by atoms with E-state index in [0.29, 0.717) is 34.5 Å². The second kappa shape index (κ2) is 9.91. The van der Waals surface area contributed by atoms with Gasteiger partial charge in [0.2, 0.25) is 0 Å². The topological polar surface area (TPSA) is 81.5 Å². The van der Waals surface area contributed by atoms with Crippen LogP contribution in [0.5, 0.6) is 17.2 Å². The lowest BCUT2D eigenvalue weighted by atomic mass is 10.1. The van der Waals surface area contributed by atoms with Crippen LogP contribution in [0.1, 0.15) is 12.5 Å². The van der Waals surface area contributed by atoms with E-state index in [1.807, 2.05) is 24.3 Å². The van der Waals surface area contributed by atoms with Crippen LogP contribution >= 0.6 is 0 Å². The molecule has 2 rings (SSSR count). The van der Waals surface area contributed by atoms with Crippen molar-refractivity contribution in [2.24, 2.45) is 9.98 Å². The molecule has 0 saturated carbocycles. The zero-order valence-corrected chi connectivity index (χ0v) is 16.4. The molecule has 0 radical (unpaired) electrons. The van der Waals surface area contributed by atoms with Gasteiger partial charge in [0.05, 0.1) is 19.9 Å². The number of esters is 1. The molecule has 0 aromatic heterocycles.